The minimum atomic E-state index is -4.22. The molecule has 0 aromatic heterocycles. The lowest BCUT2D eigenvalue weighted by Gasteiger charge is -2.34. The van der Waals surface area contributed by atoms with Crippen LogP contribution < -0.4 is 9.62 Å². The summed E-state index contributed by atoms with van der Waals surface area (Å²) in [6.07, 6.45) is 0.229. The van der Waals surface area contributed by atoms with Crippen molar-refractivity contribution in [3.05, 3.63) is 129 Å². The zero-order valence-corrected chi connectivity index (χ0v) is 27.2. The van der Waals surface area contributed by atoms with Crippen LogP contribution in [0.2, 0.25) is 10.0 Å². The average Bonchev–Trinajstić information content (AvgIpc) is 3.01. The molecule has 230 valence electrons. The largest absolute Gasteiger partial charge is 0.355 e. The van der Waals surface area contributed by atoms with E-state index in [1.165, 1.54) is 17.0 Å². The van der Waals surface area contributed by atoms with E-state index in [0.29, 0.717) is 22.2 Å². The Morgan fingerprint density at radius 2 is 1.48 bits per heavy atom. The van der Waals surface area contributed by atoms with Gasteiger partial charge in [-0.2, -0.15) is 0 Å². The van der Waals surface area contributed by atoms with Gasteiger partial charge in [0.05, 0.1) is 10.6 Å². The molecule has 0 aliphatic rings. The molecular formula is C34H35Cl2N3O4S. The molecule has 0 aliphatic heterocycles. The highest BCUT2D eigenvalue weighted by atomic mass is 35.5. The molecule has 4 aromatic rings. The minimum Gasteiger partial charge on any atom is -0.355 e. The van der Waals surface area contributed by atoms with E-state index in [9.17, 15) is 18.0 Å². The van der Waals surface area contributed by atoms with E-state index in [4.69, 9.17) is 23.2 Å². The summed E-state index contributed by atoms with van der Waals surface area (Å²) in [7, 11) is -4.22. The van der Waals surface area contributed by atoms with Crippen LogP contribution in [0.5, 0.6) is 0 Å². The van der Waals surface area contributed by atoms with E-state index in [2.05, 4.69) is 5.32 Å². The van der Waals surface area contributed by atoms with Crippen LogP contribution in [0.25, 0.3) is 0 Å². The molecule has 2 amide bonds. The number of anilines is 1. The van der Waals surface area contributed by atoms with Crippen LogP contribution in [0.4, 0.5) is 5.69 Å². The number of sulfonamides is 1. The highest BCUT2D eigenvalue weighted by Gasteiger charge is 2.35. The zero-order chi connectivity index (χ0) is 31.9. The third-order valence-corrected chi connectivity index (χ3v) is 9.72. The number of benzene rings is 4. The molecule has 0 saturated heterocycles. The lowest BCUT2D eigenvalue weighted by molar-refractivity contribution is -0.140. The zero-order valence-electron chi connectivity index (χ0n) is 24.8. The fourth-order valence-corrected chi connectivity index (χ4v) is 6.62. The second kappa shape index (κ2) is 14.8. The van der Waals surface area contributed by atoms with Gasteiger partial charge in [0.1, 0.15) is 12.6 Å². The predicted octanol–water partition coefficient (Wildman–Crippen LogP) is 6.58. The molecule has 4 rings (SSSR count). The van der Waals surface area contributed by atoms with Gasteiger partial charge in [0.15, 0.2) is 0 Å². The molecule has 4 aromatic carbocycles. The van der Waals surface area contributed by atoms with Gasteiger partial charge in [0.2, 0.25) is 11.8 Å². The summed E-state index contributed by atoms with van der Waals surface area (Å²) in [6, 6.07) is 26.8. The van der Waals surface area contributed by atoms with Gasteiger partial charge in [-0.15, -0.1) is 0 Å². The highest BCUT2D eigenvalue weighted by molar-refractivity contribution is 7.92. The van der Waals surface area contributed by atoms with Gasteiger partial charge in [0.25, 0.3) is 10.0 Å². The fraction of sp³-hybridized carbons (Fsp3) is 0.235. The van der Waals surface area contributed by atoms with Crippen molar-refractivity contribution in [3.63, 3.8) is 0 Å². The lowest BCUT2D eigenvalue weighted by atomic mass is 10.0. The molecule has 0 bridgehead atoms. The second-order valence-electron chi connectivity index (χ2n) is 10.5. The summed E-state index contributed by atoms with van der Waals surface area (Å²) >= 11 is 12.6. The number of hydrogen-bond acceptors (Lipinski definition) is 4. The quantitative estimate of drug-likeness (QED) is 0.187. The lowest BCUT2D eigenvalue weighted by Crippen LogP contribution is -2.53. The summed E-state index contributed by atoms with van der Waals surface area (Å²) in [5.74, 6) is -0.896. The summed E-state index contributed by atoms with van der Waals surface area (Å²) in [6.45, 7) is 5.23. The van der Waals surface area contributed by atoms with Crippen molar-refractivity contribution in [2.24, 2.45) is 0 Å². The molecule has 7 nitrogen and oxygen atoms in total. The number of nitrogens with zero attached hydrogens (tertiary/aromatic N) is 2. The number of aryl methyl sites for hydroxylation is 1. The van der Waals surface area contributed by atoms with Crippen LogP contribution in [-0.2, 0) is 32.6 Å². The fourth-order valence-electron chi connectivity index (χ4n) is 4.85. The summed E-state index contributed by atoms with van der Waals surface area (Å²) in [5.41, 5.74) is 3.26. The molecule has 0 heterocycles. The van der Waals surface area contributed by atoms with Crippen molar-refractivity contribution in [1.82, 2.24) is 10.2 Å². The number of carbonyl (C=O) groups is 2. The van der Waals surface area contributed by atoms with E-state index >= 15 is 0 Å². The number of amides is 2. The maximum atomic E-state index is 14.4. The van der Waals surface area contributed by atoms with Crippen LogP contribution in [-0.4, -0.2) is 44.3 Å². The molecule has 1 atom stereocenters. The molecule has 1 N–H and O–H groups in total. The number of nitrogens with one attached hydrogen (secondary N) is 1. The number of hydrogen-bond donors (Lipinski definition) is 1. The Hall–Kier alpha value is -3.85. The Bertz CT molecular complexity index is 1700. The molecule has 0 saturated carbocycles. The van der Waals surface area contributed by atoms with Gasteiger partial charge in [-0.25, -0.2) is 8.42 Å². The highest BCUT2D eigenvalue weighted by Crippen LogP contribution is 2.31. The van der Waals surface area contributed by atoms with Gasteiger partial charge >= 0.3 is 0 Å². The van der Waals surface area contributed by atoms with E-state index < -0.39 is 28.5 Å². The van der Waals surface area contributed by atoms with Crippen LogP contribution in [0, 0.1) is 13.8 Å². The van der Waals surface area contributed by atoms with E-state index in [1.807, 2.05) is 37.3 Å². The van der Waals surface area contributed by atoms with Crippen molar-refractivity contribution in [1.29, 1.82) is 0 Å². The standard InChI is InChI=1S/C34H35Cl2N3O4S/c1-4-37-34(41)32(21-26-9-6-5-7-10-26)38(22-27-15-17-28(35)18-16-27)33(40)23-39(31-12-8-11-30(36)25(31)3)44(42,43)29-19-13-24(2)14-20-29/h5-20,32H,4,21-23H2,1-3H3,(H,37,41)/t32-/m1/s1. The molecule has 0 unspecified atom stereocenters. The van der Waals surface area contributed by atoms with Gasteiger partial charge in [0, 0.05) is 29.6 Å². The Labute approximate surface area is 269 Å². The first-order chi connectivity index (χ1) is 21.0. The normalized spacial score (nSPS) is 11.9. The Morgan fingerprint density at radius 1 is 0.818 bits per heavy atom. The van der Waals surface area contributed by atoms with Gasteiger partial charge < -0.3 is 10.2 Å². The number of carbonyl (C=O) groups excluding carboxylic acids is 2. The summed E-state index contributed by atoms with van der Waals surface area (Å²) in [4.78, 5) is 29.5. The maximum absolute atomic E-state index is 14.4. The topological polar surface area (TPSA) is 86.8 Å². The van der Waals surface area contributed by atoms with Gasteiger partial charge in [-0.1, -0.05) is 89.4 Å². The minimum absolute atomic E-state index is 0.0316. The summed E-state index contributed by atoms with van der Waals surface area (Å²) < 4.78 is 29.4. The predicted molar refractivity (Wildman–Crippen MR) is 177 cm³/mol. The number of likely N-dealkylation sites (N-methyl/N-ethyl adjacent to an activating group) is 1. The Morgan fingerprint density at radius 3 is 2.11 bits per heavy atom. The first-order valence-corrected chi connectivity index (χ1v) is 16.4. The van der Waals surface area contributed by atoms with E-state index in [-0.39, 0.29) is 29.5 Å². The van der Waals surface area contributed by atoms with Gasteiger partial charge in [-0.05, 0) is 73.9 Å². The van der Waals surface area contributed by atoms with Crippen LogP contribution in [0.15, 0.2) is 102 Å². The SMILES string of the molecule is CCNC(=O)[C@@H](Cc1ccccc1)N(Cc1ccc(Cl)cc1)C(=O)CN(c1cccc(Cl)c1C)S(=O)(=O)c1ccc(C)cc1. The first kappa shape index (κ1) is 33.1. The van der Waals surface area contributed by atoms with Crippen molar-refractivity contribution >= 4 is 50.7 Å². The van der Waals surface area contributed by atoms with E-state index in [0.717, 1.165) is 21.0 Å². The molecule has 0 spiro atoms. The molecule has 0 aliphatic carbocycles. The van der Waals surface area contributed by atoms with Crippen molar-refractivity contribution in [2.75, 3.05) is 17.4 Å². The smallest absolute Gasteiger partial charge is 0.264 e. The van der Waals surface area contributed by atoms with Crippen molar-refractivity contribution in [3.8, 4) is 0 Å². The van der Waals surface area contributed by atoms with Crippen LogP contribution in [0.1, 0.15) is 29.2 Å². The molecule has 0 radical (unpaired) electrons. The Kier molecular flexibility index (Phi) is 11.1. The second-order valence-corrected chi connectivity index (χ2v) is 13.2. The maximum Gasteiger partial charge on any atom is 0.264 e. The third kappa shape index (κ3) is 8.00. The van der Waals surface area contributed by atoms with Crippen molar-refractivity contribution < 1.29 is 18.0 Å². The summed E-state index contributed by atoms with van der Waals surface area (Å²) in [5, 5.41) is 3.75. The van der Waals surface area contributed by atoms with Crippen LogP contribution in [0.3, 0.4) is 0 Å². The molecule has 44 heavy (non-hydrogen) atoms. The third-order valence-electron chi connectivity index (χ3n) is 7.28. The molecule has 10 heteroatoms. The van der Waals surface area contributed by atoms with E-state index in [1.54, 1.807) is 68.4 Å². The Balaban J connectivity index is 1.82. The molecular weight excluding hydrogens is 617 g/mol. The van der Waals surface area contributed by atoms with Gasteiger partial charge in [-0.3, -0.25) is 13.9 Å². The molecule has 0 fully saturated rings. The average molecular weight is 653 g/mol. The van der Waals surface area contributed by atoms with Crippen LogP contribution >= 0.6 is 23.2 Å². The van der Waals surface area contributed by atoms with Crippen molar-refractivity contribution in [2.45, 2.75) is 44.7 Å². The monoisotopic (exact) mass is 651 g/mol. The number of halogens is 2. The first-order valence-electron chi connectivity index (χ1n) is 14.2. The number of rotatable bonds is 12.